The van der Waals surface area contributed by atoms with E-state index in [-0.39, 0.29) is 23.9 Å². The molecule has 0 saturated heterocycles. The van der Waals surface area contributed by atoms with Crippen LogP contribution in [0, 0.1) is 0 Å². The molecule has 0 radical (unpaired) electrons. The van der Waals surface area contributed by atoms with E-state index in [0.717, 1.165) is 14.3 Å². The van der Waals surface area contributed by atoms with Crippen molar-refractivity contribution >= 4 is 37.5 Å². The molecule has 1 aromatic carbocycles. The van der Waals surface area contributed by atoms with Crippen LogP contribution in [0.3, 0.4) is 0 Å². The first-order chi connectivity index (χ1) is 15.3. The summed E-state index contributed by atoms with van der Waals surface area (Å²) >= 11 is 1.37. The van der Waals surface area contributed by atoms with Gasteiger partial charge in [0.25, 0.3) is 10.0 Å². The third kappa shape index (κ3) is 3.20. The Balaban J connectivity index is 1.40. The number of hydrogen-bond donors (Lipinski definition) is 1. The SMILES string of the molecule is C[C@@](CO)(C(=O)N1Cc2cn(S(=O)(=O)c3ccc4ncsc4c3)nc2C1)c1ccccn1. The summed E-state index contributed by atoms with van der Waals surface area (Å²) in [6.45, 7) is 1.62. The van der Waals surface area contributed by atoms with Gasteiger partial charge in [0, 0.05) is 24.5 Å². The van der Waals surface area contributed by atoms with Gasteiger partial charge in [0.05, 0.1) is 45.2 Å². The van der Waals surface area contributed by atoms with Crippen molar-refractivity contribution in [3.63, 3.8) is 0 Å². The van der Waals surface area contributed by atoms with Crippen LogP contribution in [-0.2, 0) is 33.3 Å². The minimum atomic E-state index is -3.87. The molecule has 164 valence electrons. The van der Waals surface area contributed by atoms with E-state index >= 15 is 0 Å². The zero-order valence-electron chi connectivity index (χ0n) is 17.0. The number of pyridine rings is 1. The van der Waals surface area contributed by atoms with Crippen molar-refractivity contribution in [3.8, 4) is 0 Å². The number of carbonyl (C=O) groups excluding carboxylic acids is 1. The Labute approximate surface area is 188 Å². The van der Waals surface area contributed by atoms with Crippen LogP contribution in [-0.4, -0.2) is 50.1 Å². The van der Waals surface area contributed by atoms with E-state index in [1.165, 1.54) is 23.6 Å². The van der Waals surface area contributed by atoms with Crippen LogP contribution in [0.25, 0.3) is 10.2 Å². The summed E-state index contributed by atoms with van der Waals surface area (Å²) in [6, 6.07) is 9.98. The first-order valence-corrected chi connectivity index (χ1v) is 12.1. The number of hydrogen-bond acceptors (Lipinski definition) is 8. The Bertz CT molecular complexity index is 1410. The van der Waals surface area contributed by atoms with E-state index in [4.69, 9.17) is 0 Å². The van der Waals surface area contributed by atoms with E-state index in [2.05, 4.69) is 15.1 Å². The molecular formula is C21H19N5O4S2. The lowest BCUT2D eigenvalue weighted by atomic mass is 9.85. The van der Waals surface area contributed by atoms with Gasteiger partial charge in [0.15, 0.2) is 0 Å². The average molecular weight is 470 g/mol. The summed E-state index contributed by atoms with van der Waals surface area (Å²) in [7, 11) is -3.87. The fourth-order valence-electron chi connectivity index (χ4n) is 3.79. The van der Waals surface area contributed by atoms with Crippen molar-refractivity contribution in [2.24, 2.45) is 0 Å². The summed E-state index contributed by atoms with van der Waals surface area (Å²) in [5, 5.41) is 14.2. The summed E-state index contributed by atoms with van der Waals surface area (Å²) in [5.74, 6) is -0.290. The molecule has 1 aliphatic rings. The van der Waals surface area contributed by atoms with Gasteiger partial charge >= 0.3 is 0 Å². The number of aromatic nitrogens is 4. The van der Waals surface area contributed by atoms with Crippen molar-refractivity contribution < 1.29 is 18.3 Å². The molecule has 0 bridgehead atoms. The Kier molecular flexibility index (Phi) is 4.84. The Morgan fingerprint density at radius 1 is 1.22 bits per heavy atom. The normalized spacial score (nSPS) is 15.6. The highest BCUT2D eigenvalue weighted by Crippen LogP contribution is 2.31. The number of aliphatic hydroxyl groups is 1. The number of carbonyl (C=O) groups is 1. The van der Waals surface area contributed by atoms with Gasteiger partial charge in [-0.3, -0.25) is 9.78 Å². The summed E-state index contributed by atoms with van der Waals surface area (Å²) in [4.78, 5) is 23.3. The predicted octanol–water partition coefficient (Wildman–Crippen LogP) is 1.92. The van der Waals surface area contributed by atoms with E-state index in [1.54, 1.807) is 53.9 Å². The van der Waals surface area contributed by atoms with E-state index < -0.39 is 22.0 Å². The maximum absolute atomic E-state index is 13.2. The first kappa shape index (κ1) is 20.7. The van der Waals surface area contributed by atoms with Crippen LogP contribution in [0.2, 0.25) is 0 Å². The molecule has 32 heavy (non-hydrogen) atoms. The van der Waals surface area contributed by atoms with Gasteiger partial charge < -0.3 is 10.0 Å². The number of aliphatic hydroxyl groups excluding tert-OH is 1. The lowest BCUT2D eigenvalue weighted by Gasteiger charge is -2.30. The fourth-order valence-corrected chi connectivity index (χ4v) is 5.78. The lowest BCUT2D eigenvalue weighted by molar-refractivity contribution is -0.139. The Morgan fingerprint density at radius 3 is 2.78 bits per heavy atom. The minimum Gasteiger partial charge on any atom is -0.395 e. The second-order valence-corrected chi connectivity index (χ2v) is 10.5. The molecule has 3 aromatic heterocycles. The Morgan fingerprint density at radius 2 is 2.06 bits per heavy atom. The smallest absolute Gasteiger partial charge is 0.283 e. The topological polar surface area (TPSA) is 118 Å². The molecule has 0 aliphatic carbocycles. The van der Waals surface area contributed by atoms with Gasteiger partial charge in [-0.05, 0) is 37.3 Å². The molecule has 4 heterocycles. The molecule has 1 amide bonds. The van der Waals surface area contributed by atoms with Crippen molar-refractivity contribution in [2.75, 3.05) is 6.61 Å². The second-order valence-electron chi connectivity index (χ2n) is 7.83. The number of amides is 1. The van der Waals surface area contributed by atoms with Crippen molar-refractivity contribution in [2.45, 2.75) is 30.3 Å². The van der Waals surface area contributed by atoms with Crippen molar-refractivity contribution in [1.82, 2.24) is 24.1 Å². The summed E-state index contributed by atoms with van der Waals surface area (Å²) in [6.07, 6.45) is 3.03. The van der Waals surface area contributed by atoms with Crippen LogP contribution >= 0.6 is 11.3 Å². The molecule has 11 heteroatoms. The monoisotopic (exact) mass is 469 g/mol. The van der Waals surface area contributed by atoms with Gasteiger partial charge in [0.1, 0.15) is 5.41 Å². The molecule has 1 N–H and O–H groups in total. The standard InChI is InChI=1S/C21H19N5O4S2/c1-21(12-27,19-4-2-3-7-22-19)20(28)25-9-14-10-26(24-17(14)11-25)32(29,30)15-5-6-16-18(8-15)31-13-23-16/h2-8,10,13,27H,9,11-12H2,1H3/t21-/m0/s1. The maximum Gasteiger partial charge on any atom is 0.283 e. The van der Waals surface area contributed by atoms with Crippen LogP contribution < -0.4 is 0 Å². The quantitative estimate of drug-likeness (QED) is 0.474. The largest absolute Gasteiger partial charge is 0.395 e. The number of nitrogens with zero attached hydrogens (tertiary/aromatic N) is 5. The molecule has 0 fully saturated rings. The number of fused-ring (bicyclic) bond motifs is 2. The molecular weight excluding hydrogens is 450 g/mol. The van der Waals surface area contributed by atoms with Gasteiger partial charge in [-0.2, -0.15) is 17.6 Å². The molecule has 0 spiro atoms. The fraction of sp³-hybridized carbons (Fsp3) is 0.238. The predicted molar refractivity (Wildman–Crippen MR) is 117 cm³/mol. The van der Waals surface area contributed by atoms with Crippen LogP contribution in [0.1, 0.15) is 23.9 Å². The Hall–Kier alpha value is -3.15. The first-order valence-electron chi connectivity index (χ1n) is 9.81. The lowest BCUT2D eigenvalue weighted by Crippen LogP contribution is -2.46. The highest BCUT2D eigenvalue weighted by molar-refractivity contribution is 7.89. The molecule has 9 nitrogen and oxygen atoms in total. The van der Waals surface area contributed by atoms with E-state index in [9.17, 15) is 18.3 Å². The van der Waals surface area contributed by atoms with Gasteiger partial charge in [-0.15, -0.1) is 11.3 Å². The van der Waals surface area contributed by atoms with Gasteiger partial charge in [-0.1, -0.05) is 6.07 Å². The maximum atomic E-state index is 13.2. The number of rotatable bonds is 5. The molecule has 1 atom stereocenters. The third-order valence-electron chi connectivity index (χ3n) is 5.71. The third-order valence-corrected chi connectivity index (χ3v) is 8.03. The molecule has 1 aliphatic heterocycles. The highest BCUT2D eigenvalue weighted by Gasteiger charge is 2.42. The molecule has 5 rings (SSSR count). The summed E-state index contributed by atoms with van der Waals surface area (Å²) < 4.78 is 27.9. The second kappa shape index (κ2) is 7.47. The molecule has 0 saturated carbocycles. The zero-order valence-corrected chi connectivity index (χ0v) is 18.7. The molecule has 4 aromatic rings. The number of benzene rings is 1. The van der Waals surface area contributed by atoms with Crippen LogP contribution in [0.4, 0.5) is 0 Å². The highest BCUT2D eigenvalue weighted by atomic mass is 32.2. The van der Waals surface area contributed by atoms with Crippen molar-refractivity contribution in [3.05, 3.63) is 71.3 Å². The number of thiazole rings is 1. The van der Waals surface area contributed by atoms with Crippen LogP contribution in [0.15, 0.2) is 59.2 Å². The van der Waals surface area contributed by atoms with Gasteiger partial charge in [-0.25, -0.2) is 4.98 Å². The zero-order chi connectivity index (χ0) is 22.5. The van der Waals surface area contributed by atoms with Crippen LogP contribution in [0.5, 0.6) is 0 Å². The van der Waals surface area contributed by atoms with E-state index in [0.29, 0.717) is 17.0 Å². The van der Waals surface area contributed by atoms with E-state index in [1.807, 2.05) is 0 Å². The average Bonchev–Trinajstić information content (AvgIpc) is 3.52. The molecule has 0 unspecified atom stereocenters. The van der Waals surface area contributed by atoms with Gasteiger partial charge in [0.2, 0.25) is 5.91 Å². The minimum absolute atomic E-state index is 0.131. The van der Waals surface area contributed by atoms with Crippen molar-refractivity contribution in [1.29, 1.82) is 0 Å². The summed E-state index contributed by atoms with van der Waals surface area (Å²) in [5.41, 5.74) is 2.86.